The molecular weight excluding hydrogens is 444 g/mol. The quantitative estimate of drug-likeness (QED) is 0.439. The van der Waals surface area contributed by atoms with Crippen LogP contribution in [-0.4, -0.2) is 54.2 Å². The van der Waals surface area contributed by atoms with Gasteiger partial charge in [0, 0.05) is 23.2 Å². The number of para-hydroxylation sites is 2. The number of hydrogen-bond donors (Lipinski definition) is 3. The summed E-state index contributed by atoms with van der Waals surface area (Å²) in [7, 11) is 1.60. The Labute approximate surface area is 205 Å². The van der Waals surface area contributed by atoms with Crippen molar-refractivity contribution in [3.63, 3.8) is 0 Å². The monoisotopic (exact) mass is 476 g/mol. The molecule has 8 heteroatoms. The van der Waals surface area contributed by atoms with Gasteiger partial charge in [-0.2, -0.15) is 0 Å². The highest BCUT2D eigenvalue weighted by atomic mass is 16.5. The molecule has 1 aliphatic heterocycles. The normalized spacial score (nSPS) is 16.5. The Balaban J connectivity index is 1.69. The number of aliphatic hydroxyl groups is 1. The van der Waals surface area contributed by atoms with Crippen molar-refractivity contribution >= 4 is 28.4 Å². The Morgan fingerprint density at radius 2 is 2.00 bits per heavy atom. The van der Waals surface area contributed by atoms with Crippen LogP contribution in [0.5, 0.6) is 5.75 Å². The first-order valence-corrected chi connectivity index (χ1v) is 12.0. The Kier molecular flexibility index (Phi) is 7.94. The summed E-state index contributed by atoms with van der Waals surface area (Å²) in [6, 6.07) is 14.5. The van der Waals surface area contributed by atoms with Gasteiger partial charge >= 0.3 is 0 Å². The van der Waals surface area contributed by atoms with Crippen LogP contribution in [0.15, 0.2) is 54.7 Å². The summed E-state index contributed by atoms with van der Waals surface area (Å²) >= 11 is 0. The highest BCUT2D eigenvalue weighted by molar-refractivity contribution is 6.01. The van der Waals surface area contributed by atoms with E-state index in [9.17, 15) is 9.59 Å². The number of nitrogens with zero attached hydrogens (tertiary/aromatic N) is 2. The molecule has 3 N–H and O–H groups in total. The summed E-state index contributed by atoms with van der Waals surface area (Å²) < 4.78 is 5.63. The second-order valence-corrected chi connectivity index (χ2v) is 8.61. The average Bonchev–Trinajstić information content (AvgIpc) is 3.01. The van der Waals surface area contributed by atoms with E-state index in [4.69, 9.17) is 9.84 Å². The molecule has 2 amide bonds. The number of fused-ring (bicyclic) bond motifs is 2. The van der Waals surface area contributed by atoms with Crippen molar-refractivity contribution in [2.75, 3.05) is 25.2 Å². The minimum atomic E-state index is -0.668. The SMILES string of the molecule is CCC(NCCO)C(=O)N[C@H]1CCc2ccccc2N(Cc2c(OC)cnc3ccccc23)C1=O. The molecule has 0 bridgehead atoms. The number of methoxy groups -OCH3 is 1. The number of carbonyl (C=O) groups excluding carboxylic acids is 2. The maximum Gasteiger partial charge on any atom is 0.249 e. The summed E-state index contributed by atoms with van der Waals surface area (Å²) in [4.78, 5) is 33.1. The van der Waals surface area contributed by atoms with Crippen LogP contribution in [0.25, 0.3) is 10.9 Å². The third-order valence-corrected chi connectivity index (χ3v) is 6.48. The van der Waals surface area contributed by atoms with Gasteiger partial charge in [0.15, 0.2) is 0 Å². The summed E-state index contributed by atoms with van der Waals surface area (Å²) in [5.74, 6) is 0.207. The molecule has 2 aromatic carbocycles. The lowest BCUT2D eigenvalue weighted by Gasteiger charge is -2.28. The smallest absolute Gasteiger partial charge is 0.249 e. The van der Waals surface area contributed by atoms with E-state index in [1.165, 1.54) is 0 Å². The number of aryl methyl sites for hydroxylation is 1. The van der Waals surface area contributed by atoms with Crippen molar-refractivity contribution in [2.24, 2.45) is 0 Å². The van der Waals surface area contributed by atoms with Gasteiger partial charge in [0.1, 0.15) is 11.8 Å². The van der Waals surface area contributed by atoms with Crippen LogP contribution in [0.4, 0.5) is 5.69 Å². The second kappa shape index (κ2) is 11.3. The number of amides is 2. The summed E-state index contributed by atoms with van der Waals surface area (Å²) in [6.07, 6.45) is 3.40. The molecule has 1 unspecified atom stereocenters. The Morgan fingerprint density at radius 1 is 1.23 bits per heavy atom. The fraction of sp³-hybridized carbons (Fsp3) is 0.370. The van der Waals surface area contributed by atoms with Crippen LogP contribution in [0.3, 0.4) is 0 Å². The molecule has 0 aliphatic carbocycles. The van der Waals surface area contributed by atoms with Gasteiger partial charge in [-0.05, 0) is 37.0 Å². The third kappa shape index (κ3) is 5.28. The Bertz CT molecular complexity index is 1200. The maximum absolute atomic E-state index is 13.9. The molecule has 0 saturated heterocycles. The van der Waals surface area contributed by atoms with Gasteiger partial charge < -0.3 is 25.4 Å². The highest BCUT2D eigenvalue weighted by Crippen LogP contribution is 2.33. The molecule has 0 fully saturated rings. The van der Waals surface area contributed by atoms with Crippen LogP contribution >= 0.6 is 0 Å². The topological polar surface area (TPSA) is 104 Å². The molecular formula is C27H32N4O4. The van der Waals surface area contributed by atoms with Gasteiger partial charge in [0.25, 0.3) is 0 Å². The number of anilines is 1. The molecule has 35 heavy (non-hydrogen) atoms. The number of carbonyl (C=O) groups is 2. The molecule has 0 spiro atoms. The summed E-state index contributed by atoms with van der Waals surface area (Å²) in [6.45, 7) is 2.44. The fourth-order valence-electron chi connectivity index (χ4n) is 4.62. The molecule has 3 aromatic rings. The van der Waals surface area contributed by atoms with Gasteiger partial charge in [-0.3, -0.25) is 14.6 Å². The van der Waals surface area contributed by atoms with Crippen LogP contribution in [0.1, 0.15) is 30.9 Å². The van der Waals surface area contributed by atoms with Crippen LogP contribution in [0.2, 0.25) is 0 Å². The van der Waals surface area contributed by atoms with Crippen molar-refractivity contribution < 1.29 is 19.4 Å². The van der Waals surface area contributed by atoms with Gasteiger partial charge in [-0.15, -0.1) is 0 Å². The molecule has 0 saturated carbocycles. The molecule has 1 aliphatic rings. The molecule has 8 nitrogen and oxygen atoms in total. The second-order valence-electron chi connectivity index (χ2n) is 8.61. The zero-order chi connectivity index (χ0) is 24.8. The van der Waals surface area contributed by atoms with E-state index in [2.05, 4.69) is 15.6 Å². The third-order valence-electron chi connectivity index (χ3n) is 6.48. The minimum absolute atomic E-state index is 0.0586. The number of benzene rings is 2. The number of rotatable bonds is 9. The predicted molar refractivity (Wildman–Crippen MR) is 135 cm³/mol. The first kappa shape index (κ1) is 24.6. The number of nitrogens with one attached hydrogen (secondary N) is 2. The molecule has 184 valence electrons. The van der Waals surface area contributed by atoms with Crippen molar-refractivity contribution in [1.82, 2.24) is 15.6 Å². The molecule has 2 heterocycles. The molecule has 0 radical (unpaired) electrons. The van der Waals surface area contributed by atoms with E-state index in [1.807, 2.05) is 55.5 Å². The van der Waals surface area contributed by atoms with Crippen molar-refractivity contribution in [3.05, 3.63) is 65.9 Å². The first-order valence-electron chi connectivity index (χ1n) is 12.0. The van der Waals surface area contributed by atoms with E-state index in [0.717, 1.165) is 27.7 Å². The number of aliphatic hydroxyl groups excluding tert-OH is 1. The lowest BCUT2D eigenvalue weighted by Crippen LogP contribution is -2.53. The zero-order valence-electron chi connectivity index (χ0n) is 20.2. The lowest BCUT2D eigenvalue weighted by molar-refractivity contribution is -0.129. The van der Waals surface area contributed by atoms with Crippen molar-refractivity contribution in [2.45, 2.75) is 44.8 Å². The largest absolute Gasteiger partial charge is 0.495 e. The molecule has 1 aromatic heterocycles. The van der Waals surface area contributed by atoms with E-state index < -0.39 is 12.1 Å². The van der Waals surface area contributed by atoms with E-state index in [-0.39, 0.29) is 25.0 Å². The minimum Gasteiger partial charge on any atom is -0.495 e. The van der Waals surface area contributed by atoms with Crippen LogP contribution < -0.4 is 20.3 Å². The Morgan fingerprint density at radius 3 is 2.77 bits per heavy atom. The Hall–Kier alpha value is -3.49. The van der Waals surface area contributed by atoms with Crippen molar-refractivity contribution in [1.29, 1.82) is 0 Å². The number of hydrogen-bond acceptors (Lipinski definition) is 6. The fourth-order valence-corrected chi connectivity index (χ4v) is 4.62. The van der Waals surface area contributed by atoms with E-state index in [1.54, 1.807) is 18.2 Å². The number of pyridine rings is 1. The van der Waals surface area contributed by atoms with Crippen LogP contribution in [0, 0.1) is 0 Å². The predicted octanol–water partition coefficient (Wildman–Crippen LogP) is 2.57. The number of aromatic nitrogens is 1. The van der Waals surface area contributed by atoms with Crippen molar-refractivity contribution in [3.8, 4) is 5.75 Å². The lowest BCUT2D eigenvalue weighted by atomic mass is 10.1. The van der Waals surface area contributed by atoms with Gasteiger partial charge in [0.05, 0.1) is 38.0 Å². The van der Waals surface area contributed by atoms with Gasteiger partial charge in [-0.1, -0.05) is 43.3 Å². The zero-order valence-corrected chi connectivity index (χ0v) is 20.2. The number of ether oxygens (including phenoxy) is 1. The molecule has 2 atom stereocenters. The van der Waals surface area contributed by atoms with Gasteiger partial charge in [0.2, 0.25) is 11.8 Å². The summed E-state index contributed by atoms with van der Waals surface area (Å²) in [5, 5.41) is 16.0. The van der Waals surface area contributed by atoms with E-state index >= 15 is 0 Å². The standard InChI is InChI=1S/C27H32N4O4/c1-3-21(28-14-15-32)26(33)30-23-13-12-18-8-4-7-11-24(18)31(27(23)34)17-20-19-9-5-6-10-22(19)29-16-25(20)35-2/h4-11,16,21,23,28,32H,3,12-15,17H2,1-2H3,(H,30,33)/t21?,23-/m0/s1. The van der Waals surface area contributed by atoms with Gasteiger partial charge in [-0.25, -0.2) is 0 Å². The average molecular weight is 477 g/mol. The first-order chi connectivity index (χ1) is 17.1. The molecule has 4 rings (SSSR count). The summed E-state index contributed by atoms with van der Waals surface area (Å²) in [5.41, 5.74) is 3.58. The maximum atomic E-state index is 13.9. The highest BCUT2D eigenvalue weighted by Gasteiger charge is 2.33. The van der Waals surface area contributed by atoms with Crippen LogP contribution in [-0.2, 0) is 22.6 Å². The van der Waals surface area contributed by atoms with E-state index in [0.29, 0.717) is 31.6 Å².